The van der Waals surface area contributed by atoms with Crippen LogP contribution in [0, 0.1) is 13.8 Å². The number of benzene rings is 3. The number of carbonyl (C=O) groups excluding carboxylic acids is 3. The Kier molecular flexibility index (Phi) is 9.87. The van der Waals surface area contributed by atoms with Gasteiger partial charge in [0.1, 0.15) is 18.1 Å². The molecular weight excluding hydrogens is 604 g/mol. The second-order valence-corrected chi connectivity index (χ2v) is 12.0. The number of aliphatic hydroxyl groups is 1. The van der Waals surface area contributed by atoms with Gasteiger partial charge in [-0.1, -0.05) is 55.0 Å². The predicted molar refractivity (Wildman–Crippen MR) is 177 cm³/mol. The van der Waals surface area contributed by atoms with Gasteiger partial charge in [-0.3, -0.25) is 19.3 Å². The first-order valence-electron chi connectivity index (χ1n) is 15.0. The summed E-state index contributed by atoms with van der Waals surface area (Å²) in [6.45, 7) is 8.06. The minimum atomic E-state index is -1.05. The van der Waals surface area contributed by atoms with Crippen molar-refractivity contribution in [2.45, 2.75) is 53.2 Å². The van der Waals surface area contributed by atoms with Gasteiger partial charge in [0.25, 0.3) is 5.78 Å². The Morgan fingerprint density at radius 2 is 1.74 bits per heavy atom. The highest BCUT2D eigenvalue weighted by Crippen LogP contribution is 2.45. The van der Waals surface area contributed by atoms with Gasteiger partial charge in [0.2, 0.25) is 0 Å². The van der Waals surface area contributed by atoms with Crippen molar-refractivity contribution in [2.24, 2.45) is 0 Å². The number of aryl methyl sites for hydroxylation is 2. The van der Waals surface area contributed by atoms with Crippen molar-refractivity contribution in [3.05, 3.63) is 105 Å². The first-order chi connectivity index (χ1) is 22.1. The molecule has 1 amide bonds. The van der Waals surface area contributed by atoms with Gasteiger partial charge >= 0.3 is 5.91 Å². The maximum Gasteiger partial charge on any atom is 0.301 e. The number of ether oxygens (including phenoxy) is 3. The molecule has 1 saturated heterocycles. The van der Waals surface area contributed by atoms with Crippen LogP contribution in [0.3, 0.4) is 0 Å². The van der Waals surface area contributed by atoms with Crippen molar-refractivity contribution in [3.8, 4) is 17.2 Å². The SMILES string of the molecule is CCCCOc1ccc(C2/C(=C(\O)c3ccc(OCc4ccccc4C)cc3)C(=O)C(=O)N2c2nc(C)c(C(C)=O)s2)cc1OC. The van der Waals surface area contributed by atoms with Crippen LogP contribution in [0.4, 0.5) is 5.13 Å². The summed E-state index contributed by atoms with van der Waals surface area (Å²) in [6.07, 6.45) is 1.83. The third-order valence-corrected chi connectivity index (χ3v) is 9.06. The molecule has 10 heteroatoms. The van der Waals surface area contributed by atoms with Crippen LogP contribution >= 0.6 is 11.3 Å². The average molecular weight is 641 g/mol. The smallest absolute Gasteiger partial charge is 0.301 e. The van der Waals surface area contributed by atoms with Crippen LogP contribution in [0.1, 0.15) is 70.4 Å². The minimum Gasteiger partial charge on any atom is -0.507 e. The Labute approximate surface area is 272 Å². The van der Waals surface area contributed by atoms with E-state index in [0.29, 0.717) is 52.2 Å². The largest absolute Gasteiger partial charge is 0.507 e. The summed E-state index contributed by atoms with van der Waals surface area (Å²) in [5, 5.41) is 11.8. The fraction of sp³-hybridized carbons (Fsp3) is 0.278. The van der Waals surface area contributed by atoms with Gasteiger partial charge in [-0.25, -0.2) is 4.98 Å². The van der Waals surface area contributed by atoms with Crippen molar-refractivity contribution >= 4 is 39.7 Å². The lowest BCUT2D eigenvalue weighted by molar-refractivity contribution is -0.132. The Bertz CT molecular complexity index is 1810. The molecule has 1 atom stereocenters. The van der Waals surface area contributed by atoms with Crippen molar-refractivity contribution in [3.63, 3.8) is 0 Å². The number of carbonyl (C=O) groups is 3. The minimum absolute atomic E-state index is 0.113. The Morgan fingerprint density at radius 3 is 2.39 bits per heavy atom. The molecule has 2 heterocycles. The van der Waals surface area contributed by atoms with Gasteiger partial charge in [0, 0.05) is 12.5 Å². The maximum atomic E-state index is 13.7. The van der Waals surface area contributed by atoms with Crippen molar-refractivity contribution < 1.29 is 33.7 Å². The van der Waals surface area contributed by atoms with Gasteiger partial charge in [0.15, 0.2) is 22.4 Å². The number of rotatable bonds is 12. The number of nitrogens with zero attached hydrogens (tertiary/aromatic N) is 2. The zero-order chi connectivity index (χ0) is 33.0. The topological polar surface area (TPSA) is 115 Å². The number of ketones is 2. The molecule has 0 saturated carbocycles. The number of amides is 1. The van der Waals surface area contributed by atoms with E-state index in [4.69, 9.17) is 14.2 Å². The molecule has 1 aliphatic rings. The molecule has 46 heavy (non-hydrogen) atoms. The Morgan fingerprint density at radius 1 is 1.00 bits per heavy atom. The van der Waals surface area contributed by atoms with Crippen molar-refractivity contribution in [1.29, 1.82) is 0 Å². The molecule has 1 fully saturated rings. The van der Waals surface area contributed by atoms with Crippen LogP contribution in [-0.2, 0) is 16.2 Å². The Hall–Kier alpha value is -4.96. The quantitative estimate of drug-likeness (QED) is 0.0562. The zero-order valence-electron chi connectivity index (χ0n) is 26.5. The maximum absolute atomic E-state index is 13.7. The summed E-state index contributed by atoms with van der Waals surface area (Å²) < 4.78 is 17.5. The summed E-state index contributed by atoms with van der Waals surface area (Å²) in [5.74, 6) is -0.781. The number of unbranched alkanes of at least 4 members (excludes halogenated alkanes) is 1. The molecule has 238 valence electrons. The number of methoxy groups -OCH3 is 1. The molecule has 1 aromatic heterocycles. The first-order valence-corrected chi connectivity index (χ1v) is 15.8. The monoisotopic (exact) mass is 640 g/mol. The molecule has 0 spiro atoms. The lowest BCUT2D eigenvalue weighted by atomic mass is 9.95. The van der Waals surface area contributed by atoms with E-state index in [-0.39, 0.29) is 22.2 Å². The first kappa shape index (κ1) is 32.4. The summed E-state index contributed by atoms with van der Waals surface area (Å²) in [5.41, 5.74) is 3.33. The summed E-state index contributed by atoms with van der Waals surface area (Å²) in [4.78, 5) is 45.7. The Balaban J connectivity index is 1.56. The van der Waals surface area contributed by atoms with Crippen molar-refractivity contribution in [1.82, 2.24) is 4.98 Å². The third-order valence-electron chi connectivity index (χ3n) is 7.80. The molecule has 3 aromatic carbocycles. The highest BCUT2D eigenvalue weighted by Gasteiger charge is 2.48. The van der Waals surface area contributed by atoms with Crippen LogP contribution in [-0.4, -0.2) is 41.3 Å². The molecule has 1 unspecified atom stereocenters. The van der Waals surface area contributed by atoms with E-state index in [1.165, 1.54) is 18.9 Å². The standard InChI is InChI=1S/C36H36N2O7S/c1-6-7-18-44-28-17-14-25(19-29(28)43-5)31-30(33(41)35(42)38(31)36-37-22(3)34(46-36)23(4)39)32(40)24-12-15-27(16-13-24)45-20-26-11-9-8-10-21(26)2/h8-17,19,31,40H,6-7,18,20H2,1-5H3/b32-30+. The van der Waals surface area contributed by atoms with E-state index >= 15 is 0 Å². The molecule has 0 bridgehead atoms. The molecule has 0 radical (unpaired) electrons. The van der Waals surface area contributed by atoms with E-state index in [9.17, 15) is 19.5 Å². The predicted octanol–water partition coefficient (Wildman–Crippen LogP) is 7.36. The van der Waals surface area contributed by atoms with Crippen LogP contribution in [0.5, 0.6) is 17.2 Å². The molecule has 1 aliphatic heterocycles. The number of thiazole rings is 1. The number of hydrogen-bond acceptors (Lipinski definition) is 9. The molecule has 0 aliphatic carbocycles. The van der Waals surface area contributed by atoms with E-state index < -0.39 is 17.7 Å². The lowest BCUT2D eigenvalue weighted by Gasteiger charge is -2.24. The van der Waals surface area contributed by atoms with Gasteiger partial charge < -0.3 is 19.3 Å². The van der Waals surface area contributed by atoms with E-state index in [2.05, 4.69) is 11.9 Å². The number of aliphatic hydroxyl groups excluding tert-OH is 1. The van der Waals surface area contributed by atoms with E-state index in [1.807, 2.05) is 31.2 Å². The normalized spacial score (nSPS) is 15.7. The van der Waals surface area contributed by atoms with Gasteiger partial charge in [0.05, 0.1) is 35.9 Å². The highest BCUT2D eigenvalue weighted by molar-refractivity contribution is 7.18. The summed E-state index contributed by atoms with van der Waals surface area (Å²) >= 11 is 1.03. The zero-order valence-corrected chi connectivity index (χ0v) is 27.3. The molecule has 5 rings (SSSR count). The molecule has 1 N–H and O–H groups in total. The molecular formula is C36H36N2O7S. The second kappa shape index (κ2) is 14.0. The number of hydrogen-bond donors (Lipinski definition) is 1. The molecule has 9 nitrogen and oxygen atoms in total. The summed E-state index contributed by atoms with van der Waals surface area (Å²) in [6, 6.07) is 18.7. The third kappa shape index (κ3) is 6.53. The van der Waals surface area contributed by atoms with Crippen LogP contribution in [0.25, 0.3) is 5.76 Å². The summed E-state index contributed by atoms with van der Waals surface area (Å²) in [7, 11) is 1.51. The number of Topliss-reactive ketones (excluding diaryl/α,β-unsaturated/α-hetero) is 2. The lowest BCUT2D eigenvalue weighted by Crippen LogP contribution is -2.29. The van der Waals surface area contributed by atoms with Gasteiger partial charge in [-0.15, -0.1) is 0 Å². The van der Waals surface area contributed by atoms with Crippen LogP contribution in [0.15, 0.2) is 72.3 Å². The number of anilines is 1. The van der Waals surface area contributed by atoms with Gasteiger partial charge in [-0.2, -0.15) is 0 Å². The van der Waals surface area contributed by atoms with Crippen molar-refractivity contribution in [2.75, 3.05) is 18.6 Å². The second-order valence-electron chi connectivity index (χ2n) is 11.0. The molecule has 4 aromatic rings. The van der Waals surface area contributed by atoms with Crippen LogP contribution < -0.4 is 19.1 Å². The van der Waals surface area contributed by atoms with E-state index in [1.54, 1.807) is 49.4 Å². The average Bonchev–Trinajstić information content (AvgIpc) is 3.57. The number of aromatic nitrogens is 1. The van der Waals surface area contributed by atoms with Gasteiger partial charge in [-0.05, 0) is 73.4 Å². The van der Waals surface area contributed by atoms with Crippen LogP contribution in [0.2, 0.25) is 0 Å². The highest BCUT2D eigenvalue weighted by atomic mass is 32.1. The fourth-order valence-corrected chi connectivity index (χ4v) is 6.24. The fourth-order valence-electron chi connectivity index (χ4n) is 5.25. The van der Waals surface area contributed by atoms with E-state index in [0.717, 1.165) is 35.3 Å².